The maximum absolute atomic E-state index is 5.74. The van der Waals surface area contributed by atoms with Crippen molar-refractivity contribution in [3.63, 3.8) is 0 Å². The minimum atomic E-state index is 0.553. The topological polar surface area (TPSA) is 21.8 Å². The molecule has 2 unspecified atom stereocenters. The Balaban J connectivity index is 1.42. The Bertz CT molecular complexity index is 409. The second kappa shape index (κ2) is 10.6. The van der Waals surface area contributed by atoms with Gasteiger partial charge in [0, 0.05) is 6.61 Å². The zero-order valence-corrected chi connectivity index (χ0v) is 13.9. The van der Waals surface area contributed by atoms with Crippen LogP contribution in [0, 0.1) is 5.92 Å². The van der Waals surface area contributed by atoms with Crippen LogP contribution in [-0.4, -0.2) is 25.9 Å². The Kier molecular flexibility index (Phi) is 8.29. The summed E-state index contributed by atoms with van der Waals surface area (Å²) in [7, 11) is 0. The van der Waals surface area contributed by atoms with Gasteiger partial charge in [-0.3, -0.25) is 0 Å². The van der Waals surface area contributed by atoms with Gasteiger partial charge in [0.2, 0.25) is 0 Å². The van der Waals surface area contributed by atoms with Crippen LogP contribution < -0.4 is 0 Å². The van der Waals surface area contributed by atoms with Gasteiger partial charge in [-0.15, -0.1) is 0 Å². The summed E-state index contributed by atoms with van der Waals surface area (Å²) in [6.45, 7) is 4.98. The van der Waals surface area contributed by atoms with Gasteiger partial charge in [0.05, 0.1) is 19.3 Å². The fourth-order valence-electron chi connectivity index (χ4n) is 2.70. The van der Waals surface area contributed by atoms with Gasteiger partial charge in [-0.2, -0.15) is 0 Å². The van der Waals surface area contributed by atoms with Crippen molar-refractivity contribution in [3.8, 4) is 0 Å². The molecule has 0 aromatic heterocycles. The fraction of sp³-hybridized carbons (Fsp3) is 0.600. The van der Waals surface area contributed by atoms with Gasteiger partial charge in [-0.05, 0) is 43.6 Å². The van der Waals surface area contributed by atoms with E-state index in [9.17, 15) is 0 Å². The van der Waals surface area contributed by atoms with Gasteiger partial charge in [0.25, 0.3) is 0 Å². The third-order valence-electron chi connectivity index (χ3n) is 4.28. The van der Waals surface area contributed by atoms with E-state index in [1.807, 2.05) is 0 Å². The second-order valence-corrected chi connectivity index (χ2v) is 6.15. The van der Waals surface area contributed by atoms with Gasteiger partial charge >= 0.3 is 0 Å². The lowest BCUT2D eigenvalue weighted by Gasteiger charge is -2.13. The number of allylic oxidation sites excluding steroid dienone is 1. The summed E-state index contributed by atoms with van der Waals surface area (Å²) < 4.78 is 11.0. The fourth-order valence-corrected chi connectivity index (χ4v) is 2.70. The molecule has 122 valence electrons. The van der Waals surface area contributed by atoms with Crippen molar-refractivity contribution in [2.45, 2.75) is 51.6 Å². The Morgan fingerprint density at radius 2 is 1.95 bits per heavy atom. The average molecular weight is 302 g/mol. The second-order valence-electron chi connectivity index (χ2n) is 6.15. The van der Waals surface area contributed by atoms with E-state index in [2.05, 4.69) is 49.4 Å². The first-order valence-electron chi connectivity index (χ1n) is 8.76. The van der Waals surface area contributed by atoms with Crippen molar-refractivity contribution in [1.29, 1.82) is 0 Å². The number of benzene rings is 1. The lowest BCUT2D eigenvalue weighted by molar-refractivity contribution is 0.120. The zero-order chi connectivity index (χ0) is 15.5. The summed E-state index contributed by atoms with van der Waals surface area (Å²) in [5, 5.41) is 0. The zero-order valence-electron chi connectivity index (χ0n) is 13.9. The molecule has 1 fully saturated rings. The maximum Gasteiger partial charge on any atom is 0.0812 e. The van der Waals surface area contributed by atoms with E-state index in [1.54, 1.807) is 0 Å². The van der Waals surface area contributed by atoms with Crippen molar-refractivity contribution in [2.75, 3.05) is 19.8 Å². The Labute approximate surface area is 135 Å². The van der Waals surface area contributed by atoms with Crippen LogP contribution in [-0.2, 0) is 15.9 Å². The monoisotopic (exact) mass is 302 g/mol. The first-order chi connectivity index (χ1) is 10.9. The minimum absolute atomic E-state index is 0.553. The smallest absolute Gasteiger partial charge is 0.0812 e. The van der Waals surface area contributed by atoms with E-state index in [1.165, 1.54) is 24.8 Å². The predicted molar refractivity (Wildman–Crippen MR) is 92.1 cm³/mol. The quantitative estimate of drug-likeness (QED) is 0.315. The summed E-state index contributed by atoms with van der Waals surface area (Å²) in [5.74, 6) is 0.772. The molecular weight excluding hydrogens is 272 g/mol. The van der Waals surface area contributed by atoms with Gasteiger partial charge in [0.15, 0.2) is 0 Å². The van der Waals surface area contributed by atoms with Crippen molar-refractivity contribution in [3.05, 3.63) is 48.0 Å². The SMILES string of the molecule is CCC(CCOCCC=CCCc1ccccc1)CC1CO1. The molecule has 0 aliphatic carbocycles. The van der Waals surface area contributed by atoms with E-state index in [0.717, 1.165) is 45.0 Å². The summed E-state index contributed by atoms with van der Waals surface area (Å²) in [4.78, 5) is 0. The van der Waals surface area contributed by atoms with E-state index < -0.39 is 0 Å². The van der Waals surface area contributed by atoms with Crippen LogP contribution >= 0.6 is 0 Å². The van der Waals surface area contributed by atoms with Crippen LogP contribution in [0.4, 0.5) is 0 Å². The summed E-state index contributed by atoms with van der Waals surface area (Å²) >= 11 is 0. The van der Waals surface area contributed by atoms with Crippen LogP contribution in [0.2, 0.25) is 0 Å². The molecule has 0 N–H and O–H groups in total. The highest BCUT2D eigenvalue weighted by Crippen LogP contribution is 2.23. The molecule has 1 aliphatic rings. The molecule has 2 rings (SSSR count). The van der Waals surface area contributed by atoms with Gasteiger partial charge in [0.1, 0.15) is 0 Å². The normalized spacial score (nSPS) is 18.7. The molecule has 1 aromatic carbocycles. The predicted octanol–water partition coefficient (Wildman–Crippen LogP) is 4.79. The molecule has 22 heavy (non-hydrogen) atoms. The molecule has 2 atom stereocenters. The number of aryl methyl sites for hydroxylation is 1. The highest BCUT2D eigenvalue weighted by Gasteiger charge is 2.25. The lowest BCUT2D eigenvalue weighted by atomic mass is 9.97. The summed E-state index contributed by atoms with van der Waals surface area (Å²) in [6.07, 6.45) is 12.0. The lowest BCUT2D eigenvalue weighted by Crippen LogP contribution is -2.07. The molecule has 2 heteroatoms. The summed E-state index contributed by atoms with van der Waals surface area (Å²) in [6, 6.07) is 10.6. The molecule has 2 nitrogen and oxygen atoms in total. The highest BCUT2D eigenvalue weighted by molar-refractivity contribution is 5.15. The largest absolute Gasteiger partial charge is 0.381 e. The molecular formula is C20H30O2. The van der Waals surface area contributed by atoms with Crippen LogP contribution in [0.25, 0.3) is 0 Å². The Morgan fingerprint density at radius 3 is 2.68 bits per heavy atom. The molecule has 0 radical (unpaired) electrons. The standard InChI is InChI=1S/C20H30O2/c1-2-18(16-20-17-22-20)13-15-21-14-9-4-3-6-10-19-11-7-5-8-12-19/h3-5,7-8,11-12,18,20H,2,6,9-10,13-17H2,1H3. The third-order valence-corrected chi connectivity index (χ3v) is 4.28. The Hall–Kier alpha value is -1.12. The third kappa shape index (κ3) is 7.77. The number of ether oxygens (including phenoxy) is 2. The van der Waals surface area contributed by atoms with Crippen molar-refractivity contribution in [1.82, 2.24) is 0 Å². The number of hydrogen-bond acceptors (Lipinski definition) is 2. The first kappa shape index (κ1) is 17.2. The van der Waals surface area contributed by atoms with Crippen LogP contribution in [0.1, 0.15) is 44.6 Å². The minimum Gasteiger partial charge on any atom is -0.381 e. The van der Waals surface area contributed by atoms with Gasteiger partial charge in [-0.1, -0.05) is 55.8 Å². The van der Waals surface area contributed by atoms with E-state index >= 15 is 0 Å². The van der Waals surface area contributed by atoms with E-state index in [-0.39, 0.29) is 0 Å². The van der Waals surface area contributed by atoms with Crippen LogP contribution in [0.15, 0.2) is 42.5 Å². The molecule has 0 spiro atoms. The van der Waals surface area contributed by atoms with Crippen molar-refractivity contribution in [2.24, 2.45) is 5.92 Å². The maximum atomic E-state index is 5.74. The van der Waals surface area contributed by atoms with Crippen LogP contribution in [0.5, 0.6) is 0 Å². The highest BCUT2D eigenvalue weighted by atomic mass is 16.6. The molecule has 1 aliphatic heterocycles. The average Bonchev–Trinajstić information content (AvgIpc) is 3.37. The number of rotatable bonds is 12. The molecule has 1 aromatic rings. The van der Waals surface area contributed by atoms with E-state index in [0.29, 0.717) is 6.10 Å². The van der Waals surface area contributed by atoms with E-state index in [4.69, 9.17) is 9.47 Å². The Morgan fingerprint density at radius 1 is 1.18 bits per heavy atom. The van der Waals surface area contributed by atoms with Crippen molar-refractivity contribution < 1.29 is 9.47 Å². The number of epoxide rings is 1. The van der Waals surface area contributed by atoms with Gasteiger partial charge in [-0.25, -0.2) is 0 Å². The first-order valence-corrected chi connectivity index (χ1v) is 8.76. The van der Waals surface area contributed by atoms with Gasteiger partial charge < -0.3 is 9.47 Å². The molecule has 0 saturated carbocycles. The molecule has 1 heterocycles. The van der Waals surface area contributed by atoms with Crippen molar-refractivity contribution >= 4 is 0 Å². The molecule has 0 amide bonds. The number of hydrogen-bond donors (Lipinski definition) is 0. The summed E-state index contributed by atoms with van der Waals surface area (Å²) in [5.41, 5.74) is 1.41. The molecule has 0 bridgehead atoms. The van der Waals surface area contributed by atoms with Crippen LogP contribution in [0.3, 0.4) is 0 Å². The molecule has 1 saturated heterocycles.